The smallest absolute Gasteiger partial charge is 0.255 e. The van der Waals surface area contributed by atoms with Gasteiger partial charge in [0.05, 0.1) is 19.2 Å². The Bertz CT molecular complexity index is 808. The maximum atomic E-state index is 12.5. The number of ether oxygens (including phenoxy) is 2. The van der Waals surface area contributed by atoms with Crippen LogP contribution in [0.5, 0.6) is 11.5 Å². The molecule has 1 atom stereocenters. The summed E-state index contributed by atoms with van der Waals surface area (Å²) in [5.41, 5.74) is 1.54. The second-order valence-corrected chi connectivity index (χ2v) is 7.45. The van der Waals surface area contributed by atoms with E-state index in [9.17, 15) is 4.79 Å². The van der Waals surface area contributed by atoms with E-state index in [2.05, 4.69) is 34.5 Å². The molecule has 1 spiro atoms. The molecule has 1 N–H and O–H groups in total. The number of nitrogens with one attached hydrogen (secondary N) is 1. The van der Waals surface area contributed by atoms with E-state index in [0.717, 1.165) is 38.9 Å². The Labute approximate surface area is 160 Å². The summed E-state index contributed by atoms with van der Waals surface area (Å²) in [7, 11) is 1.63. The van der Waals surface area contributed by atoms with E-state index >= 15 is 0 Å². The summed E-state index contributed by atoms with van der Waals surface area (Å²) in [4.78, 5) is 14.9. The van der Waals surface area contributed by atoms with Crippen molar-refractivity contribution >= 4 is 5.91 Å². The number of hydrogen-bond donors (Lipinski definition) is 1. The third-order valence-electron chi connectivity index (χ3n) is 5.51. The van der Waals surface area contributed by atoms with Crippen LogP contribution < -0.4 is 14.8 Å². The van der Waals surface area contributed by atoms with Gasteiger partial charge in [-0.05, 0) is 43.5 Å². The molecule has 2 aliphatic rings. The first kappa shape index (κ1) is 17.9. The quantitative estimate of drug-likeness (QED) is 0.904. The lowest BCUT2D eigenvalue weighted by molar-refractivity contribution is -0.00390. The molecule has 0 aliphatic carbocycles. The SMILES string of the molecule is COc1ccc2c(c1)O[C@@]1(CCCN(CCc3ccccc3)C1)CNC2=O. The zero-order chi connectivity index (χ0) is 18.7. The van der Waals surface area contributed by atoms with Gasteiger partial charge in [-0.3, -0.25) is 9.69 Å². The average Bonchev–Trinajstić information content (AvgIpc) is 2.83. The van der Waals surface area contributed by atoms with E-state index in [-0.39, 0.29) is 11.5 Å². The Morgan fingerprint density at radius 2 is 2.07 bits per heavy atom. The Balaban J connectivity index is 1.50. The minimum atomic E-state index is -0.387. The van der Waals surface area contributed by atoms with Crippen LogP contribution in [0.3, 0.4) is 0 Å². The van der Waals surface area contributed by atoms with Crippen molar-refractivity contribution in [2.45, 2.75) is 24.9 Å². The highest BCUT2D eigenvalue weighted by atomic mass is 16.5. The molecule has 2 heterocycles. The number of fused-ring (bicyclic) bond motifs is 1. The molecular formula is C22H26N2O3. The van der Waals surface area contributed by atoms with Gasteiger partial charge in [-0.2, -0.15) is 0 Å². The molecule has 0 saturated carbocycles. The highest BCUT2D eigenvalue weighted by molar-refractivity contribution is 5.97. The fraction of sp³-hybridized carbons (Fsp3) is 0.409. The van der Waals surface area contributed by atoms with Crippen molar-refractivity contribution in [2.75, 3.05) is 33.3 Å². The maximum Gasteiger partial charge on any atom is 0.255 e. The van der Waals surface area contributed by atoms with Crippen molar-refractivity contribution in [2.24, 2.45) is 0 Å². The third-order valence-corrected chi connectivity index (χ3v) is 5.51. The molecule has 2 aromatic carbocycles. The molecule has 1 saturated heterocycles. The van der Waals surface area contributed by atoms with Gasteiger partial charge in [0, 0.05) is 19.2 Å². The summed E-state index contributed by atoms with van der Waals surface area (Å²) in [6, 6.07) is 16.0. The number of piperidine rings is 1. The number of hydrogen-bond acceptors (Lipinski definition) is 4. The van der Waals surface area contributed by atoms with Crippen molar-refractivity contribution in [1.29, 1.82) is 0 Å². The predicted molar refractivity (Wildman–Crippen MR) is 105 cm³/mol. The van der Waals surface area contributed by atoms with Crippen LogP contribution in [0.15, 0.2) is 48.5 Å². The highest BCUT2D eigenvalue weighted by Gasteiger charge is 2.40. The number of carbonyl (C=O) groups is 1. The normalized spacial score (nSPS) is 22.5. The summed E-state index contributed by atoms with van der Waals surface area (Å²) in [5.74, 6) is 1.25. The number of carbonyl (C=O) groups excluding carboxylic acids is 1. The first-order valence-electron chi connectivity index (χ1n) is 9.59. The molecule has 0 unspecified atom stereocenters. The number of nitrogens with zero attached hydrogens (tertiary/aromatic N) is 1. The second kappa shape index (κ2) is 7.61. The number of amides is 1. The molecule has 4 rings (SSSR count). The van der Waals surface area contributed by atoms with Crippen LogP contribution in [0.2, 0.25) is 0 Å². The van der Waals surface area contributed by atoms with Gasteiger partial charge in [0.15, 0.2) is 0 Å². The fourth-order valence-corrected chi connectivity index (χ4v) is 4.05. The monoisotopic (exact) mass is 366 g/mol. The topological polar surface area (TPSA) is 50.8 Å². The van der Waals surface area contributed by atoms with Crippen LogP contribution in [0.25, 0.3) is 0 Å². The van der Waals surface area contributed by atoms with Gasteiger partial charge in [-0.15, -0.1) is 0 Å². The lowest BCUT2D eigenvalue weighted by Crippen LogP contribution is -2.56. The zero-order valence-corrected chi connectivity index (χ0v) is 15.7. The van der Waals surface area contributed by atoms with Crippen molar-refractivity contribution < 1.29 is 14.3 Å². The van der Waals surface area contributed by atoms with Crippen molar-refractivity contribution in [3.8, 4) is 11.5 Å². The van der Waals surface area contributed by atoms with Crippen LogP contribution >= 0.6 is 0 Å². The van der Waals surface area contributed by atoms with Crippen LogP contribution in [0, 0.1) is 0 Å². The minimum absolute atomic E-state index is 0.0778. The van der Waals surface area contributed by atoms with E-state index in [0.29, 0.717) is 23.6 Å². The van der Waals surface area contributed by atoms with Gasteiger partial charge in [0.25, 0.3) is 5.91 Å². The first-order valence-corrected chi connectivity index (χ1v) is 9.59. The van der Waals surface area contributed by atoms with Crippen LogP contribution in [0.1, 0.15) is 28.8 Å². The van der Waals surface area contributed by atoms with Crippen molar-refractivity contribution in [3.63, 3.8) is 0 Å². The van der Waals surface area contributed by atoms with Gasteiger partial charge in [-0.1, -0.05) is 30.3 Å². The molecule has 2 aliphatic heterocycles. The number of rotatable bonds is 4. The first-order chi connectivity index (χ1) is 13.2. The van der Waals surface area contributed by atoms with Gasteiger partial charge in [0.2, 0.25) is 0 Å². The maximum absolute atomic E-state index is 12.5. The molecule has 2 aromatic rings. The van der Waals surface area contributed by atoms with E-state index in [1.54, 1.807) is 19.2 Å². The largest absolute Gasteiger partial charge is 0.497 e. The molecule has 1 amide bonds. The van der Waals surface area contributed by atoms with E-state index in [4.69, 9.17) is 9.47 Å². The van der Waals surface area contributed by atoms with Gasteiger partial charge >= 0.3 is 0 Å². The van der Waals surface area contributed by atoms with E-state index in [1.807, 2.05) is 12.1 Å². The highest BCUT2D eigenvalue weighted by Crippen LogP contribution is 2.34. The Morgan fingerprint density at radius 3 is 2.89 bits per heavy atom. The Kier molecular flexibility index (Phi) is 5.03. The number of methoxy groups -OCH3 is 1. The molecule has 142 valence electrons. The predicted octanol–water partition coefficient (Wildman–Crippen LogP) is 2.89. The average molecular weight is 366 g/mol. The number of benzene rings is 2. The number of likely N-dealkylation sites (tertiary alicyclic amines) is 1. The molecule has 0 radical (unpaired) electrons. The van der Waals surface area contributed by atoms with Crippen LogP contribution in [-0.2, 0) is 6.42 Å². The molecule has 27 heavy (non-hydrogen) atoms. The zero-order valence-electron chi connectivity index (χ0n) is 15.7. The van der Waals surface area contributed by atoms with E-state index < -0.39 is 0 Å². The molecule has 0 aromatic heterocycles. The standard InChI is InChI=1S/C22H26N2O3/c1-26-18-8-9-19-20(14-18)27-22(15-23-21(19)25)11-5-12-24(16-22)13-10-17-6-3-2-4-7-17/h2-4,6-9,14H,5,10-13,15-16H2,1H3,(H,23,25)/t22-/m0/s1. The Morgan fingerprint density at radius 1 is 1.22 bits per heavy atom. The second-order valence-electron chi connectivity index (χ2n) is 7.45. The fourth-order valence-electron chi connectivity index (χ4n) is 4.05. The molecule has 1 fully saturated rings. The Hall–Kier alpha value is -2.53. The molecule has 5 nitrogen and oxygen atoms in total. The summed E-state index contributed by atoms with van der Waals surface area (Å²) >= 11 is 0. The van der Waals surface area contributed by atoms with Crippen LogP contribution in [0.4, 0.5) is 0 Å². The molecule has 5 heteroatoms. The molecular weight excluding hydrogens is 340 g/mol. The van der Waals surface area contributed by atoms with Gasteiger partial charge < -0.3 is 14.8 Å². The molecule has 0 bridgehead atoms. The van der Waals surface area contributed by atoms with Crippen molar-refractivity contribution in [1.82, 2.24) is 10.2 Å². The van der Waals surface area contributed by atoms with Crippen molar-refractivity contribution in [3.05, 3.63) is 59.7 Å². The lowest BCUT2D eigenvalue weighted by atomic mass is 9.92. The summed E-state index contributed by atoms with van der Waals surface area (Å²) < 4.78 is 11.8. The summed E-state index contributed by atoms with van der Waals surface area (Å²) in [6.45, 7) is 3.41. The van der Waals surface area contributed by atoms with Crippen LogP contribution in [-0.4, -0.2) is 49.7 Å². The third kappa shape index (κ3) is 3.93. The minimum Gasteiger partial charge on any atom is -0.497 e. The van der Waals surface area contributed by atoms with Gasteiger partial charge in [-0.25, -0.2) is 0 Å². The summed E-state index contributed by atoms with van der Waals surface area (Å²) in [5, 5.41) is 3.06. The van der Waals surface area contributed by atoms with Gasteiger partial charge in [0.1, 0.15) is 17.1 Å². The van der Waals surface area contributed by atoms with E-state index in [1.165, 1.54) is 5.56 Å². The summed E-state index contributed by atoms with van der Waals surface area (Å²) in [6.07, 6.45) is 3.02. The lowest BCUT2D eigenvalue weighted by Gasteiger charge is -2.42.